The van der Waals surface area contributed by atoms with Crippen molar-refractivity contribution in [3.63, 3.8) is 0 Å². The highest BCUT2D eigenvalue weighted by atomic mass is 16.2. The molecular weight excluding hydrogens is 278 g/mol. The first-order valence-electron chi connectivity index (χ1n) is 8.99. The molecule has 0 bridgehead atoms. The first kappa shape index (κ1) is 17.3. The van der Waals surface area contributed by atoms with Crippen LogP contribution in [-0.4, -0.2) is 36.5 Å². The second-order valence-corrected chi connectivity index (χ2v) is 6.80. The SMILES string of the molecule is CCCCNC(=O)C1(NC(=O)CC2CCCN2)CCCCC1. The average molecular weight is 309 g/mol. The van der Waals surface area contributed by atoms with Gasteiger partial charge >= 0.3 is 0 Å². The summed E-state index contributed by atoms with van der Waals surface area (Å²) in [4.78, 5) is 25.0. The molecule has 0 aromatic carbocycles. The van der Waals surface area contributed by atoms with Crippen LogP contribution in [0.5, 0.6) is 0 Å². The van der Waals surface area contributed by atoms with Crippen LogP contribution >= 0.6 is 0 Å². The molecule has 22 heavy (non-hydrogen) atoms. The third kappa shape index (κ3) is 4.70. The van der Waals surface area contributed by atoms with E-state index in [0.717, 1.165) is 64.3 Å². The normalized spacial score (nSPS) is 24.0. The third-order valence-electron chi connectivity index (χ3n) is 4.93. The zero-order valence-electron chi connectivity index (χ0n) is 13.9. The minimum Gasteiger partial charge on any atom is -0.354 e. The van der Waals surface area contributed by atoms with E-state index in [0.29, 0.717) is 13.0 Å². The van der Waals surface area contributed by atoms with Crippen LogP contribution in [0.15, 0.2) is 0 Å². The van der Waals surface area contributed by atoms with Crippen LogP contribution in [0.2, 0.25) is 0 Å². The molecule has 0 aromatic heterocycles. The van der Waals surface area contributed by atoms with Crippen molar-refractivity contribution in [1.29, 1.82) is 0 Å². The van der Waals surface area contributed by atoms with Gasteiger partial charge in [0.1, 0.15) is 5.54 Å². The monoisotopic (exact) mass is 309 g/mol. The molecule has 1 aliphatic carbocycles. The number of nitrogens with one attached hydrogen (secondary N) is 3. The molecule has 3 N–H and O–H groups in total. The van der Waals surface area contributed by atoms with Gasteiger partial charge in [-0.25, -0.2) is 0 Å². The van der Waals surface area contributed by atoms with E-state index in [9.17, 15) is 9.59 Å². The molecule has 0 spiro atoms. The summed E-state index contributed by atoms with van der Waals surface area (Å²) in [7, 11) is 0. The van der Waals surface area contributed by atoms with Gasteiger partial charge in [-0.1, -0.05) is 32.6 Å². The lowest BCUT2D eigenvalue weighted by Crippen LogP contribution is -2.60. The van der Waals surface area contributed by atoms with E-state index < -0.39 is 5.54 Å². The minimum atomic E-state index is -0.665. The Labute approximate surface area is 134 Å². The number of amides is 2. The topological polar surface area (TPSA) is 70.2 Å². The zero-order valence-corrected chi connectivity index (χ0v) is 13.9. The Kier molecular flexibility index (Phi) is 6.68. The van der Waals surface area contributed by atoms with Gasteiger partial charge in [0.15, 0.2) is 0 Å². The molecule has 1 saturated heterocycles. The van der Waals surface area contributed by atoms with Crippen LogP contribution in [0, 0.1) is 0 Å². The molecule has 5 heteroatoms. The molecule has 0 radical (unpaired) electrons. The Morgan fingerprint density at radius 2 is 1.95 bits per heavy atom. The molecule has 1 heterocycles. The van der Waals surface area contributed by atoms with Crippen LogP contribution in [0.25, 0.3) is 0 Å². The molecule has 2 fully saturated rings. The molecule has 1 saturated carbocycles. The summed E-state index contributed by atoms with van der Waals surface area (Å²) in [5, 5.41) is 9.47. The lowest BCUT2D eigenvalue weighted by molar-refractivity contribution is -0.135. The van der Waals surface area contributed by atoms with Crippen LogP contribution in [0.3, 0.4) is 0 Å². The van der Waals surface area contributed by atoms with E-state index in [1.807, 2.05) is 0 Å². The van der Waals surface area contributed by atoms with Gasteiger partial charge in [-0.3, -0.25) is 9.59 Å². The molecule has 1 unspecified atom stereocenters. The lowest BCUT2D eigenvalue weighted by Gasteiger charge is -2.37. The van der Waals surface area contributed by atoms with Gasteiger partial charge in [0.05, 0.1) is 0 Å². The maximum absolute atomic E-state index is 12.6. The fourth-order valence-corrected chi connectivity index (χ4v) is 3.58. The number of carbonyl (C=O) groups excluding carboxylic acids is 2. The number of carbonyl (C=O) groups is 2. The van der Waals surface area contributed by atoms with Crippen LogP contribution < -0.4 is 16.0 Å². The summed E-state index contributed by atoms with van der Waals surface area (Å²) in [5.41, 5.74) is -0.665. The van der Waals surface area contributed by atoms with Gasteiger partial charge < -0.3 is 16.0 Å². The summed E-state index contributed by atoms with van der Waals surface area (Å²) in [5.74, 6) is 0.0420. The van der Waals surface area contributed by atoms with E-state index in [4.69, 9.17) is 0 Å². The molecule has 0 aromatic rings. The highest BCUT2D eigenvalue weighted by molar-refractivity contribution is 5.91. The lowest BCUT2D eigenvalue weighted by atomic mass is 9.80. The van der Waals surface area contributed by atoms with Crippen LogP contribution in [0.1, 0.15) is 71.1 Å². The van der Waals surface area contributed by atoms with Gasteiger partial charge in [0.25, 0.3) is 0 Å². The van der Waals surface area contributed by atoms with Crippen molar-refractivity contribution in [1.82, 2.24) is 16.0 Å². The van der Waals surface area contributed by atoms with E-state index in [1.165, 1.54) is 0 Å². The third-order valence-corrected chi connectivity index (χ3v) is 4.93. The van der Waals surface area contributed by atoms with Gasteiger partial charge in [0, 0.05) is 19.0 Å². The van der Waals surface area contributed by atoms with E-state index in [1.54, 1.807) is 0 Å². The Morgan fingerprint density at radius 1 is 1.18 bits per heavy atom. The second-order valence-electron chi connectivity index (χ2n) is 6.80. The highest BCUT2D eigenvalue weighted by Gasteiger charge is 2.40. The first-order chi connectivity index (χ1) is 10.7. The number of hydrogen-bond acceptors (Lipinski definition) is 3. The molecule has 1 aliphatic heterocycles. The van der Waals surface area contributed by atoms with Gasteiger partial charge in [-0.2, -0.15) is 0 Å². The van der Waals surface area contributed by atoms with E-state index in [-0.39, 0.29) is 17.9 Å². The van der Waals surface area contributed by atoms with Crippen LogP contribution in [0.4, 0.5) is 0 Å². The van der Waals surface area contributed by atoms with Gasteiger partial charge in [-0.05, 0) is 38.6 Å². The average Bonchev–Trinajstić information content (AvgIpc) is 3.01. The summed E-state index contributed by atoms with van der Waals surface area (Å²) < 4.78 is 0. The predicted molar refractivity (Wildman–Crippen MR) is 87.5 cm³/mol. The van der Waals surface area contributed by atoms with Crippen molar-refractivity contribution in [2.75, 3.05) is 13.1 Å². The second kappa shape index (κ2) is 8.51. The maximum Gasteiger partial charge on any atom is 0.245 e. The summed E-state index contributed by atoms with van der Waals surface area (Å²) in [6.45, 7) is 3.82. The van der Waals surface area contributed by atoms with Crippen molar-refractivity contribution in [2.45, 2.75) is 82.7 Å². The first-order valence-corrected chi connectivity index (χ1v) is 8.99. The standard InChI is InChI=1S/C17H31N3O2/c1-2-3-11-19-16(22)17(9-5-4-6-10-17)20-15(21)13-14-8-7-12-18-14/h14,18H,2-13H2,1H3,(H,19,22)(H,20,21). The van der Waals surface area contributed by atoms with Gasteiger partial charge in [-0.15, -0.1) is 0 Å². The van der Waals surface area contributed by atoms with Crippen molar-refractivity contribution in [2.24, 2.45) is 0 Å². The predicted octanol–water partition coefficient (Wildman–Crippen LogP) is 1.86. The fourth-order valence-electron chi connectivity index (χ4n) is 3.58. The number of rotatable bonds is 7. The van der Waals surface area contributed by atoms with Crippen molar-refractivity contribution < 1.29 is 9.59 Å². The van der Waals surface area contributed by atoms with E-state index in [2.05, 4.69) is 22.9 Å². The highest BCUT2D eigenvalue weighted by Crippen LogP contribution is 2.29. The molecule has 2 amide bonds. The van der Waals surface area contributed by atoms with Crippen molar-refractivity contribution in [3.05, 3.63) is 0 Å². The molecule has 2 aliphatic rings. The van der Waals surface area contributed by atoms with Crippen LogP contribution in [-0.2, 0) is 9.59 Å². The summed E-state index contributed by atoms with van der Waals surface area (Å²) in [6.07, 6.45) is 9.47. The molecule has 2 rings (SSSR count). The fraction of sp³-hybridized carbons (Fsp3) is 0.882. The smallest absolute Gasteiger partial charge is 0.245 e. The van der Waals surface area contributed by atoms with E-state index >= 15 is 0 Å². The number of hydrogen-bond donors (Lipinski definition) is 3. The van der Waals surface area contributed by atoms with Crippen molar-refractivity contribution in [3.8, 4) is 0 Å². The number of unbranched alkanes of at least 4 members (excludes halogenated alkanes) is 1. The Balaban J connectivity index is 1.91. The Bertz CT molecular complexity index is 372. The van der Waals surface area contributed by atoms with Gasteiger partial charge in [0.2, 0.25) is 11.8 Å². The quantitative estimate of drug-likeness (QED) is 0.629. The molecular formula is C17H31N3O2. The zero-order chi connectivity index (χ0) is 15.8. The Morgan fingerprint density at radius 3 is 2.59 bits per heavy atom. The largest absolute Gasteiger partial charge is 0.354 e. The van der Waals surface area contributed by atoms with Crippen molar-refractivity contribution >= 4 is 11.8 Å². The molecule has 126 valence electrons. The maximum atomic E-state index is 12.6. The Hall–Kier alpha value is -1.10. The minimum absolute atomic E-state index is 0.0203. The molecule has 1 atom stereocenters. The summed E-state index contributed by atoms with van der Waals surface area (Å²) in [6, 6.07) is 0.281. The molecule has 5 nitrogen and oxygen atoms in total. The summed E-state index contributed by atoms with van der Waals surface area (Å²) >= 11 is 0.